The molecule has 2 aromatic rings. The fourth-order valence-corrected chi connectivity index (χ4v) is 2.05. The van der Waals surface area contributed by atoms with Gasteiger partial charge in [-0.3, -0.25) is 0 Å². The molecule has 0 radical (unpaired) electrons. The lowest BCUT2D eigenvalue weighted by molar-refractivity contribution is 0.353. The molecule has 1 aromatic carbocycles. The van der Waals surface area contributed by atoms with Crippen LogP contribution in [-0.4, -0.2) is 22.1 Å². The van der Waals surface area contributed by atoms with Crippen molar-refractivity contribution in [3.63, 3.8) is 0 Å². The van der Waals surface area contributed by atoms with Gasteiger partial charge in [0.2, 0.25) is 11.7 Å². The largest absolute Gasteiger partial charge is 0.337 e. The average molecular weight is 303 g/mol. The van der Waals surface area contributed by atoms with E-state index in [0.29, 0.717) is 6.42 Å². The molecular weight excluding hydrogens is 291 g/mol. The van der Waals surface area contributed by atoms with Crippen molar-refractivity contribution in [1.29, 1.82) is 0 Å². The molecule has 0 fully saturated rings. The summed E-state index contributed by atoms with van der Waals surface area (Å²) < 4.78 is 44.1. The lowest BCUT2D eigenvalue weighted by Gasteiger charge is -2.03. The van der Waals surface area contributed by atoms with Crippen molar-refractivity contribution in [2.45, 2.75) is 12.5 Å². The van der Waals surface area contributed by atoms with Gasteiger partial charge in [0.05, 0.1) is 6.04 Å². The predicted octanol–water partition coefficient (Wildman–Crippen LogP) is 2.91. The molecule has 0 unspecified atom stereocenters. The Morgan fingerprint density at radius 2 is 1.95 bits per heavy atom. The Hall–Kier alpha value is -1.54. The first-order valence-corrected chi connectivity index (χ1v) is 7.15. The van der Waals surface area contributed by atoms with Crippen molar-refractivity contribution < 1.29 is 17.7 Å². The highest BCUT2D eigenvalue weighted by atomic mass is 32.2. The van der Waals surface area contributed by atoms with Gasteiger partial charge in [0.25, 0.3) is 0 Å². The van der Waals surface area contributed by atoms with Gasteiger partial charge in [-0.15, -0.1) is 0 Å². The summed E-state index contributed by atoms with van der Waals surface area (Å²) in [6, 6.07) is 1.17. The summed E-state index contributed by atoms with van der Waals surface area (Å²) >= 11 is 1.62. The molecule has 0 saturated carbocycles. The number of benzene rings is 1. The highest BCUT2D eigenvalue weighted by Gasteiger charge is 2.18. The van der Waals surface area contributed by atoms with E-state index in [1.807, 2.05) is 6.26 Å². The molecular formula is C12H12F3N3OS. The number of nitrogens with two attached hydrogens (primary N) is 1. The molecule has 0 saturated heterocycles. The molecule has 0 aliphatic rings. The van der Waals surface area contributed by atoms with E-state index in [-0.39, 0.29) is 17.3 Å². The van der Waals surface area contributed by atoms with Crippen LogP contribution in [0.5, 0.6) is 0 Å². The van der Waals surface area contributed by atoms with Crippen LogP contribution in [0.15, 0.2) is 16.7 Å². The molecule has 0 amide bonds. The lowest BCUT2D eigenvalue weighted by atomic mass is 10.2. The Morgan fingerprint density at radius 1 is 1.30 bits per heavy atom. The van der Waals surface area contributed by atoms with E-state index in [0.717, 1.165) is 17.9 Å². The van der Waals surface area contributed by atoms with Gasteiger partial charge < -0.3 is 10.3 Å². The third-order valence-corrected chi connectivity index (χ3v) is 3.28. The summed E-state index contributed by atoms with van der Waals surface area (Å²) in [5, 5.41) is 3.60. The third-order valence-electron chi connectivity index (χ3n) is 2.63. The SMILES string of the molecule is CSCC[C@@H](N)c1nc(-c2cc(F)c(F)c(F)c2)no1. The molecule has 0 aliphatic carbocycles. The highest BCUT2D eigenvalue weighted by Crippen LogP contribution is 2.23. The molecule has 2 rings (SSSR count). The van der Waals surface area contributed by atoms with Crippen LogP contribution >= 0.6 is 11.8 Å². The number of nitrogens with zero attached hydrogens (tertiary/aromatic N) is 2. The van der Waals surface area contributed by atoms with Crippen LogP contribution in [-0.2, 0) is 0 Å². The maximum Gasteiger partial charge on any atom is 0.243 e. The van der Waals surface area contributed by atoms with Crippen LogP contribution in [0.2, 0.25) is 0 Å². The van der Waals surface area contributed by atoms with Crippen LogP contribution in [0.4, 0.5) is 13.2 Å². The smallest absolute Gasteiger partial charge is 0.243 e. The van der Waals surface area contributed by atoms with E-state index in [2.05, 4.69) is 10.1 Å². The first kappa shape index (κ1) is 14.9. The topological polar surface area (TPSA) is 64.9 Å². The van der Waals surface area contributed by atoms with Gasteiger partial charge in [-0.1, -0.05) is 5.16 Å². The quantitative estimate of drug-likeness (QED) is 0.860. The molecule has 20 heavy (non-hydrogen) atoms. The van der Waals surface area contributed by atoms with E-state index in [1.54, 1.807) is 11.8 Å². The Bertz CT molecular complexity index is 582. The summed E-state index contributed by atoms with van der Waals surface area (Å²) in [4.78, 5) is 3.98. The molecule has 1 aromatic heterocycles. The van der Waals surface area contributed by atoms with Gasteiger partial charge in [0, 0.05) is 5.56 Å². The van der Waals surface area contributed by atoms with Crippen molar-refractivity contribution in [2.24, 2.45) is 5.73 Å². The monoisotopic (exact) mass is 303 g/mol. The second-order valence-corrected chi connectivity index (χ2v) is 5.08. The maximum absolute atomic E-state index is 13.1. The van der Waals surface area contributed by atoms with Crippen molar-refractivity contribution in [3.8, 4) is 11.4 Å². The number of rotatable bonds is 5. The highest BCUT2D eigenvalue weighted by molar-refractivity contribution is 7.98. The summed E-state index contributed by atoms with van der Waals surface area (Å²) in [7, 11) is 0. The predicted molar refractivity (Wildman–Crippen MR) is 69.5 cm³/mol. The second-order valence-electron chi connectivity index (χ2n) is 4.10. The minimum Gasteiger partial charge on any atom is -0.337 e. The molecule has 2 N–H and O–H groups in total. The van der Waals surface area contributed by atoms with Gasteiger partial charge in [-0.05, 0) is 30.6 Å². The van der Waals surface area contributed by atoms with Gasteiger partial charge in [-0.25, -0.2) is 13.2 Å². The standard InChI is InChI=1S/C12H12F3N3OS/c1-20-3-2-9(16)12-17-11(18-19-12)6-4-7(13)10(15)8(14)5-6/h4-5,9H,2-3,16H2,1H3/t9-/m1/s1. The van der Waals surface area contributed by atoms with Crippen molar-refractivity contribution >= 4 is 11.8 Å². The molecule has 0 aliphatic heterocycles. The van der Waals surface area contributed by atoms with Crippen LogP contribution in [0.1, 0.15) is 18.4 Å². The Balaban J connectivity index is 2.24. The fourth-order valence-electron chi connectivity index (χ4n) is 1.56. The zero-order chi connectivity index (χ0) is 14.7. The summed E-state index contributed by atoms with van der Waals surface area (Å²) in [5.74, 6) is -3.18. The lowest BCUT2D eigenvalue weighted by Crippen LogP contribution is -2.11. The molecule has 108 valence electrons. The van der Waals surface area contributed by atoms with E-state index in [9.17, 15) is 13.2 Å². The zero-order valence-electron chi connectivity index (χ0n) is 10.6. The summed E-state index contributed by atoms with van der Waals surface area (Å²) in [6.45, 7) is 0. The second kappa shape index (κ2) is 6.27. The van der Waals surface area contributed by atoms with Crippen molar-refractivity contribution in [3.05, 3.63) is 35.5 Å². The van der Waals surface area contributed by atoms with Crippen molar-refractivity contribution in [1.82, 2.24) is 10.1 Å². The molecule has 4 nitrogen and oxygen atoms in total. The number of thioether (sulfide) groups is 1. The maximum atomic E-state index is 13.1. The minimum absolute atomic E-state index is 0.00605. The number of aromatic nitrogens is 2. The molecule has 1 heterocycles. The molecule has 0 bridgehead atoms. The minimum atomic E-state index is -1.53. The first-order valence-electron chi connectivity index (χ1n) is 5.76. The summed E-state index contributed by atoms with van der Waals surface area (Å²) in [5.41, 5.74) is 5.83. The van der Waals surface area contributed by atoms with Gasteiger partial charge in [0.1, 0.15) is 0 Å². The van der Waals surface area contributed by atoms with Crippen LogP contribution in [0, 0.1) is 17.5 Å². The normalized spacial score (nSPS) is 12.7. The molecule has 8 heteroatoms. The van der Waals surface area contributed by atoms with Gasteiger partial charge >= 0.3 is 0 Å². The zero-order valence-corrected chi connectivity index (χ0v) is 11.4. The Morgan fingerprint density at radius 3 is 2.55 bits per heavy atom. The van der Waals surface area contributed by atoms with Gasteiger partial charge in [0.15, 0.2) is 17.5 Å². The van der Waals surface area contributed by atoms with Crippen LogP contribution in [0.3, 0.4) is 0 Å². The fraction of sp³-hybridized carbons (Fsp3) is 0.333. The van der Waals surface area contributed by atoms with E-state index >= 15 is 0 Å². The first-order chi connectivity index (χ1) is 9.52. The molecule has 0 spiro atoms. The Labute approximate surface area is 117 Å². The van der Waals surface area contributed by atoms with E-state index in [4.69, 9.17) is 10.3 Å². The number of hydrogen-bond acceptors (Lipinski definition) is 5. The van der Waals surface area contributed by atoms with Crippen LogP contribution < -0.4 is 5.73 Å². The van der Waals surface area contributed by atoms with Crippen molar-refractivity contribution in [2.75, 3.05) is 12.0 Å². The van der Waals surface area contributed by atoms with E-state index < -0.39 is 23.5 Å². The molecule has 1 atom stereocenters. The van der Waals surface area contributed by atoms with E-state index in [1.165, 1.54) is 0 Å². The van der Waals surface area contributed by atoms with Gasteiger partial charge in [-0.2, -0.15) is 16.7 Å². The third kappa shape index (κ3) is 3.13. The summed E-state index contributed by atoms with van der Waals surface area (Å²) in [6.07, 6.45) is 2.57. The number of hydrogen-bond donors (Lipinski definition) is 1. The average Bonchev–Trinajstić information content (AvgIpc) is 2.91. The van der Waals surface area contributed by atoms with Crippen LogP contribution in [0.25, 0.3) is 11.4 Å². The number of halogens is 3. The Kier molecular flexibility index (Phi) is 4.66.